The van der Waals surface area contributed by atoms with Crippen LogP contribution < -0.4 is 0 Å². The third kappa shape index (κ3) is 4.51. The molecule has 1 fully saturated rings. The molecule has 3 aromatic carbocycles. The second-order valence-corrected chi connectivity index (χ2v) is 10.2. The van der Waals surface area contributed by atoms with Gasteiger partial charge in [0.05, 0.1) is 28.6 Å². The molecular weight excluding hydrogens is 464 g/mol. The molecule has 1 amide bonds. The Labute approximate surface area is 202 Å². The number of benzene rings is 3. The largest absolute Gasteiger partial charge is 0.336 e. The Hall–Kier alpha value is -4.07. The first-order valence-corrected chi connectivity index (χ1v) is 12.6. The van der Waals surface area contributed by atoms with Crippen LogP contribution in [-0.2, 0) is 16.6 Å². The highest BCUT2D eigenvalue weighted by Gasteiger charge is 2.30. The van der Waals surface area contributed by atoms with Crippen molar-refractivity contribution in [3.05, 3.63) is 89.5 Å². The molecule has 35 heavy (non-hydrogen) atoms. The number of amides is 1. The van der Waals surface area contributed by atoms with Gasteiger partial charge in [0.2, 0.25) is 10.0 Å². The standard InChI is InChI=1S/C25H22N6O3S/c26-17-19-7-11-22(12-8-19)35(33,34)30-15-13-29(14-16-30)25(32)21-9-5-20(6-10-21)18-31-24-4-2-1-3-23(24)27-28-31/h1-12H,13-16,18H2. The second-order valence-electron chi connectivity index (χ2n) is 8.27. The van der Waals surface area contributed by atoms with E-state index in [4.69, 9.17) is 5.26 Å². The Bertz CT molecular complexity index is 1510. The van der Waals surface area contributed by atoms with Crippen molar-refractivity contribution in [3.63, 3.8) is 0 Å². The normalized spacial score (nSPS) is 14.7. The molecule has 1 aliphatic rings. The fraction of sp³-hybridized carbons (Fsp3) is 0.200. The minimum Gasteiger partial charge on any atom is -0.336 e. The number of aromatic nitrogens is 3. The molecule has 1 aromatic heterocycles. The molecule has 1 saturated heterocycles. The van der Waals surface area contributed by atoms with Crippen LogP contribution in [0.3, 0.4) is 0 Å². The van der Waals surface area contributed by atoms with E-state index >= 15 is 0 Å². The van der Waals surface area contributed by atoms with E-state index in [0.717, 1.165) is 16.6 Å². The van der Waals surface area contributed by atoms with E-state index in [2.05, 4.69) is 10.3 Å². The van der Waals surface area contributed by atoms with Gasteiger partial charge in [-0.25, -0.2) is 13.1 Å². The molecule has 2 heterocycles. The quantitative estimate of drug-likeness (QED) is 0.428. The monoisotopic (exact) mass is 486 g/mol. The zero-order valence-corrected chi connectivity index (χ0v) is 19.6. The molecule has 0 spiro atoms. The van der Waals surface area contributed by atoms with Gasteiger partial charge in [0, 0.05) is 31.7 Å². The lowest BCUT2D eigenvalue weighted by Crippen LogP contribution is -2.50. The summed E-state index contributed by atoms with van der Waals surface area (Å²) in [6, 6.07) is 23.0. The second kappa shape index (κ2) is 9.29. The van der Waals surface area contributed by atoms with Crippen LogP contribution in [0.5, 0.6) is 0 Å². The molecule has 4 aromatic rings. The van der Waals surface area contributed by atoms with Crippen molar-refractivity contribution >= 4 is 27.0 Å². The number of rotatable bonds is 5. The molecule has 0 saturated carbocycles. The van der Waals surface area contributed by atoms with E-state index in [0.29, 0.717) is 30.8 Å². The summed E-state index contributed by atoms with van der Waals surface area (Å²) in [7, 11) is -3.67. The van der Waals surface area contributed by atoms with E-state index in [1.807, 2.05) is 47.1 Å². The van der Waals surface area contributed by atoms with Crippen molar-refractivity contribution in [2.75, 3.05) is 26.2 Å². The Kier molecular flexibility index (Phi) is 6.03. The minimum absolute atomic E-state index is 0.127. The number of nitrogens with zero attached hydrogens (tertiary/aromatic N) is 6. The van der Waals surface area contributed by atoms with Crippen LogP contribution in [0.4, 0.5) is 0 Å². The van der Waals surface area contributed by atoms with Crippen LogP contribution in [0.25, 0.3) is 11.0 Å². The summed E-state index contributed by atoms with van der Waals surface area (Å²) < 4.78 is 29.0. The Morgan fingerprint density at radius 3 is 2.29 bits per heavy atom. The number of carbonyl (C=O) groups is 1. The maximum absolute atomic E-state index is 13.0. The summed E-state index contributed by atoms with van der Waals surface area (Å²) in [4.78, 5) is 14.8. The number of fused-ring (bicyclic) bond motifs is 1. The summed E-state index contributed by atoms with van der Waals surface area (Å²) in [6.07, 6.45) is 0. The van der Waals surface area contributed by atoms with Gasteiger partial charge in [0.25, 0.3) is 5.91 Å². The molecule has 5 rings (SSSR count). The van der Waals surface area contributed by atoms with Gasteiger partial charge in [-0.15, -0.1) is 5.10 Å². The van der Waals surface area contributed by atoms with Crippen LogP contribution >= 0.6 is 0 Å². The Morgan fingerprint density at radius 1 is 0.914 bits per heavy atom. The highest BCUT2D eigenvalue weighted by molar-refractivity contribution is 7.89. The highest BCUT2D eigenvalue weighted by atomic mass is 32.2. The zero-order valence-electron chi connectivity index (χ0n) is 18.8. The maximum atomic E-state index is 13.0. The maximum Gasteiger partial charge on any atom is 0.253 e. The number of nitriles is 1. The first-order valence-electron chi connectivity index (χ1n) is 11.1. The predicted molar refractivity (Wildman–Crippen MR) is 129 cm³/mol. The van der Waals surface area contributed by atoms with Crippen molar-refractivity contribution in [1.82, 2.24) is 24.2 Å². The van der Waals surface area contributed by atoms with Crippen molar-refractivity contribution in [2.24, 2.45) is 0 Å². The van der Waals surface area contributed by atoms with Crippen LogP contribution in [0.1, 0.15) is 21.5 Å². The Morgan fingerprint density at radius 2 is 1.60 bits per heavy atom. The van der Waals surface area contributed by atoms with Crippen molar-refractivity contribution in [1.29, 1.82) is 5.26 Å². The third-order valence-corrected chi connectivity index (χ3v) is 8.01. The first-order chi connectivity index (χ1) is 17.0. The summed E-state index contributed by atoms with van der Waals surface area (Å²) in [5, 5.41) is 17.3. The third-order valence-electron chi connectivity index (χ3n) is 6.10. The number of hydrogen-bond donors (Lipinski definition) is 0. The predicted octanol–water partition coefficient (Wildman–Crippen LogP) is 2.50. The number of carbonyl (C=O) groups excluding carboxylic acids is 1. The molecule has 0 aliphatic carbocycles. The van der Waals surface area contributed by atoms with Crippen molar-refractivity contribution < 1.29 is 13.2 Å². The molecule has 176 valence electrons. The van der Waals surface area contributed by atoms with Gasteiger partial charge in [0.1, 0.15) is 5.52 Å². The highest BCUT2D eigenvalue weighted by Crippen LogP contribution is 2.20. The molecule has 0 unspecified atom stereocenters. The van der Waals surface area contributed by atoms with Gasteiger partial charge in [-0.05, 0) is 54.1 Å². The molecule has 9 nitrogen and oxygen atoms in total. The molecular formula is C25H22N6O3S. The minimum atomic E-state index is -3.67. The lowest BCUT2D eigenvalue weighted by molar-refractivity contribution is 0.0698. The summed E-state index contributed by atoms with van der Waals surface area (Å²) in [5.74, 6) is -0.127. The van der Waals surface area contributed by atoms with Crippen molar-refractivity contribution in [3.8, 4) is 6.07 Å². The van der Waals surface area contributed by atoms with E-state index < -0.39 is 10.0 Å². The fourth-order valence-electron chi connectivity index (χ4n) is 4.12. The molecule has 10 heteroatoms. The van der Waals surface area contributed by atoms with Gasteiger partial charge in [0.15, 0.2) is 0 Å². The average Bonchev–Trinajstić information content (AvgIpc) is 3.31. The van der Waals surface area contributed by atoms with Gasteiger partial charge in [-0.1, -0.05) is 29.5 Å². The van der Waals surface area contributed by atoms with Gasteiger partial charge >= 0.3 is 0 Å². The number of sulfonamides is 1. The van der Waals surface area contributed by atoms with Crippen LogP contribution in [-0.4, -0.2) is 64.7 Å². The Balaban J connectivity index is 1.22. The van der Waals surface area contributed by atoms with Crippen LogP contribution in [0.2, 0.25) is 0 Å². The van der Waals surface area contributed by atoms with E-state index in [9.17, 15) is 13.2 Å². The fourth-order valence-corrected chi connectivity index (χ4v) is 5.55. The topological polar surface area (TPSA) is 112 Å². The van der Waals surface area contributed by atoms with Gasteiger partial charge < -0.3 is 4.90 Å². The smallest absolute Gasteiger partial charge is 0.253 e. The summed E-state index contributed by atoms with van der Waals surface area (Å²) in [5.41, 5.74) is 3.73. The van der Waals surface area contributed by atoms with E-state index in [-0.39, 0.29) is 23.9 Å². The summed E-state index contributed by atoms with van der Waals surface area (Å²) >= 11 is 0. The average molecular weight is 487 g/mol. The first kappa shape index (κ1) is 22.7. The zero-order chi connectivity index (χ0) is 24.4. The molecule has 0 radical (unpaired) electrons. The molecule has 1 aliphatic heterocycles. The number of para-hydroxylation sites is 1. The number of piperazine rings is 1. The van der Waals surface area contributed by atoms with E-state index in [1.165, 1.54) is 28.6 Å². The lowest BCUT2D eigenvalue weighted by atomic mass is 10.1. The summed E-state index contributed by atoms with van der Waals surface area (Å²) in [6.45, 7) is 1.58. The van der Waals surface area contributed by atoms with Gasteiger partial charge in [-0.2, -0.15) is 9.57 Å². The molecule has 0 bridgehead atoms. The van der Waals surface area contributed by atoms with Crippen LogP contribution in [0, 0.1) is 11.3 Å². The molecule has 0 N–H and O–H groups in total. The molecule has 0 atom stereocenters. The lowest BCUT2D eigenvalue weighted by Gasteiger charge is -2.34. The van der Waals surface area contributed by atoms with Crippen molar-refractivity contribution in [2.45, 2.75) is 11.4 Å². The SMILES string of the molecule is N#Cc1ccc(S(=O)(=O)N2CCN(C(=O)c3ccc(Cn4nnc5ccccc54)cc3)CC2)cc1. The number of hydrogen-bond acceptors (Lipinski definition) is 6. The van der Waals surface area contributed by atoms with Gasteiger partial charge in [-0.3, -0.25) is 4.79 Å². The van der Waals surface area contributed by atoms with Crippen LogP contribution in [0.15, 0.2) is 77.7 Å². The van der Waals surface area contributed by atoms with E-state index in [1.54, 1.807) is 17.0 Å².